The number of aromatic nitrogens is 4. The highest BCUT2D eigenvalue weighted by Gasteiger charge is 2.36. The second-order valence-electron chi connectivity index (χ2n) is 9.23. The zero-order valence-corrected chi connectivity index (χ0v) is 21.2. The van der Waals surface area contributed by atoms with Crippen molar-refractivity contribution in [1.29, 1.82) is 0 Å². The normalized spacial score (nSPS) is 14.6. The van der Waals surface area contributed by atoms with Crippen LogP contribution in [0.25, 0.3) is 11.4 Å². The van der Waals surface area contributed by atoms with Gasteiger partial charge in [-0.1, -0.05) is 49.6 Å². The van der Waals surface area contributed by atoms with Crippen molar-refractivity contribution >= 4 is 17.5 Å². The van der Waals surface area contributed by atoms with E-state index in [2.05, 4.69) is 20.7 Å². The Morgan fingerprint density at radius 1 is 1.05 bits per heavy atom. The number of nitrogens with zero attached hydrogens (tertiary/aromatic N) is 5. The summed E-state index contributed by atoms with van der Waals surface area (Å²) in [5.41, 5.74) is 1.30. The number of amides is 2. The van der Waals surface area contributed by atoms with E-state index in [1.807, 2.05) is 30.3 Å². The topological polar surface area (TPSA) is 115 Å². The van der Waals surface area contributed by atoms with E-state index in [0.29, 0.717) is 23.0 Å². The average molecular weight is 515 g/mol. The molecule has 0 bridgehead atoms. The summed E-state index contributed by atoms with van der Waals surface area (Å²) in [7, 11) is 1.57. The third-order valence-corrected chi connectivity index (χ3v) is 6.65. The molecule has 1 fully saturated rings. The molecular weight excluding hydrogens is 484 g/mol. The van der Waals surface area contributed by atoms with Crippen LogP contribution in [0.15, 0.2) is 77.4 Å². The molecule has 196 valence electrons. The molecule has 4 aromatic rings. The first-order chi connectivity index (χ1) is 18.6. The Hall–Kier alpha value is -4.47. The number of anilines is 1. The molecule has 2 aromatic heterocycles. The van der Waals surface area contributed by atoms with Crippen molar-refractivity contribution in [3.63, 3.8) is 0 Å². The van der Waals surface area contributed by atoms with Gasteiger partial charge in [0.05, 0.1) is 13.4 Å². The molecular formula is C28H30N6O4. The van der Waals surface area contributed by atoms with Crippen LogP contribution in [0.1, 0.15) is 43.9 Å². The van der Waals surface area contributed by atoms with Gasteiger partial charge in [0.25, 0.3) is 11.8 Å². The van der Waals surface area contributed by atoms with Gasteiger partial charge in [-0.2, -0.15) is 4.80 Å². The Balaban J connectivity index is 1.47. The van der Waals surface area contributed by atoms with Crippen molar-refractivity contribution < 1.29 is 18.7 Å². The van der Waals surface area contributed by atoms with Crippen LogP contribution in [-0.2, 0) is 16.1 Å². The van der Waals surface area contributed by atoms with Gasteiger partial charge in [-0.25, -0.2) is 0 Å². The number of methoxy groups -OCH3 is 1. The predicted molar refractivity (Wildman–Crippen MR) is 140 cm³/mol. The second kappa shape index (κ2) is 11.7. The standard InChI is InChI=1S/C28H30N6O4/c1-37-23-16-14-22(15-17-23)34(25(35)19-33-31-27(30-32-33)20-9-4-2-5-10-20)26(24-13-8-18-38-24)28(36)29-21-11-6-3-7-12-21/h2,4-5,8-10,13-18,21,26H,3,6-7,11-12,19H2,1H3,(H,29,36). The number of carbonyl (C=O) groups excluding carboxylic acids is 2. The number of benzene rings is 2. The van der Waals surface area contributed by atoms with Crippen molar-refractivity contribution in [1.82, 2.24) is 25.5 Å². The Bertz CT molecular complexity index is 1330. The maximum atomic E-state index is 13.9. The number of hydrogen-bond donors (Lipinski definition) is 1. The monoisotopic (exact) mass is 514 g/mol. The molecule has 5 rings (SSSR count). The summed E-state index contributed by atoms with van der Waals surface area (Å²) in [5, 5.41) is 15.7. The largest absolute Gasteiger partial charge is 0.497 e. The molecule has 1 unspecified atom stereocenters. The summed E-state index contributed by atoms with van der Waals surface area (Å²) < 4.78 is 11.0. The quantitative estimate of drug-likeness (QED) is 0.356. The number of furan rings is 1. The lowest BCUT2D eigenvalue weighted by molar-refractivity contribution is -0.128. The third-order valence-electron chi connectivity index (χ3n) is 6.65. The highest BCUT2D eigenvalue weighted by atomic mass is 16.5. The molecule has 0 saturated heterocycles. The maximum Gasteiger partial charge on any atom is 0.251 e. The molecule has 0 radical (unpaired) electrons. The van der Waals surface area contributed by atoms with Gasteiger partial charge in [-0.15, -0.1) is 10.2 Å². The molecule has 2 amide bonds. The third kappa shape index (κ3) is 5.74. The van der Waals surface area contributed by atoms with E-state index in [1.54, 1.807) is 43.5 Å². The van der Waals surface area contributed by atoms with E-state index in [-0.39, 0.29) is 18.5 Å². The van der Waals surface area contributed by atoms with Gasteiger partial charge in [0.2, 0.25) is 5.82 Å². The zero-order valence-electron chi connectivity index (χ0n) is 21.2. The molecule has 10 heteroatoms. The molecule has 10 nitrogen and oxygen atoms in total. The fourth-order valence-electron chi connectivity index (χ4n) is 4.74. The minimum Gasteiger partial charge on any atom is -0.497 e. The molecule has 0 spiro atoms. The van der Waals surface area contributed by atoms with Crippen molar-refractivity contribution in [2.45, 2.75) is 50.7 Å². The summed E-state index contributed by atoms with van der Waals surface area (Å²) in [5.74, 6) is 0.707. The Labute approximate surface area is 220 Å². The highest BCUT2D eigenvalue weighted by molar-refractivity contribution is 6.01. The Morgan fingerprint density at radius 3 is 2.50 bits per heavy atom. The van der Waals surface area contributed by atoms with Crippen molar-refractivity contribution in [2.75, 3.05) is 12.0 Å². The van der Waals surface area contributed by atoms with Gasteiger partial charge in [-0.3, -0.25) is 14.5 Å². The molecule has 1 N–H and O–H groups in total. The number of hydrogen-bond acceptors (Lipinski definition) is 7. The van der Waals surface area contributed by atoms with Gasteiger partial charge in [0, 0.05) is 17.3 Å². The van der Waals surface area contributed by atoms with Crippen LogP contribution in [0.5, 0.6) is 5.75 Å². The van der Waals surface area contributed by atoms with Gasteiger partial charge >= 0.3 is 0 Å². The van der Waals surface area contributed by atoms with Crippen LogP contribution in [0.3, 0.4) is 0 Å². The van der Waals surface area contributed by atoms with Crippen LogP contribution in [0, 0.1) is 0 Å². The summed E-state index contributed by atoms with van der Waals surface area (Å²) in [6.45, 7) is -0.222. The Morgan fingerprint density at radius 2 is 1.82 bits per heavy atom. The molecule has 1 atom stereocenters. The number of rotatable bonds is 9. The minimum absolute atomic E-state index is 0.0620. The fraction of sp³-hybridized carbons (Fsp3) is 0.321. The smallest absolute Gasteiger partial charge is 0.251 e. The number of ether oxygens (including phenoxy) is 1. The van der Waals surface area contributed by atoms with E-state index in [4.69, 9.17) is 9.15 Å². The summed E-state index contributed by atoms with van der Waals surface area (Å²) in [4.78, 5) is 30.3. The lowest BCUT2D eigenvalue weighted by atomic mass is 9.95. The van der Waals surface area contributed by atoms with Crippen molar-refractivity contribution in [2.24, 2.45) is 0 Å². The lowest BCUT2D eigenvalue weighted by Crippen LogP contribution is -2.48. The number of carbonyl (C=O) groups is 2. The van der Waals surface area contributed by atoms with E-state index in [0.717, 1.165) is 31.2 Å². The summed E-state index contributed by atoms with van der Waals surface area (Å²) >= 11 is 0. The minimum atomic E-state index is -1.02. The average Bonchev–Trinajstić information content (AvgIpc) is 3.65. The lowest BCUT2D eigenvalue weighted by Gasteiger charge is -2.32. The zero-order chi connectivity index (χ0) is 26.3. The van der Waals surface area contributed by atoms with E-state index in [1.165, 1.54) is 22.4 Å². The molecule has 1 aliphatic rings. The molecule has 2 heterocycles. The van der Waals surface area contributed by atoms with Crippen molar-refractivity contribution in [3.05, 3.63) is 78.8 Å². The highest BCUT2D eigenvalue weighted by Crippen LogP contribution is 2.31. The fourth-order valence-corrected chi connectivity index (χ4v) is 4.74. The van der Waals surface area contributed by atoms with E-state index < -0.39 is 11.9 Å². The second-order valence-corrected chi connectivity index (χ2v) is 9.23. The first-order valence-electron chi connectivity index (χ1n) is 12.8. The summed E-state index contributed by atoms with van der Waals surface area (Å²) in [6.07, 6.45) is 6.63. The molecule has 0 aliphatic heterocycles. The predicted octanol–water partition coefficient (Wildman–Crippen LogP) is 4.17. The molecule has 1 aliphatic carbocycles. The number of nitrogens with one attached hydrogen (secondary N) is 1. The SMILES string of the molecule is COc1ccc(N(C(=O)Cn2nnc(-c3ccccc3)n2)C(C(=O)NC2CCCCC2)c2ccco2)cc1. The Kier molecular flexibility index (Phi) is 7.77. The van der Waals surface area contributed by atoms with Gasteiger partial charge in [-0.05, 0) is 54.5 Å². The summed E-state index contributed by atoms with van der Waals surface area (Å²) in [6, 6.07) is 18.8. The van der Waals surface area contributed by atoms with Gasteiger partial charge in [0.15, 0.2) is 6.04 Å². The van der Waals surface area contributed by atoms with Crippen molar-refractivity contribution in [3.8, 4) is 17.1 Å². The van der Waals surface area contributed by atoms with Crippen LogP contribution < -0.4 is 15.0 Å². The molecule has 2 aromatic carbocycles. The first-order valence-corrected chi connectivity index (χ1v) is 12.8. The van der Waals surface area contributed by atoms with Crippen LogP contribution in [0.2, 0.25) is 0 Å². The van der Waals surface area contributed by atoms with Gasteiger partial charge in [0.1, 0.15) is 18.1 Å². The van der Waals surface area contributed by atoms with Gasteiger partial charge < -0.3 is 14.5 Å². The maximum absolute atomic E-state index is 13.9. The molecule has 38 heavy (non-hydrogen) atoms. The van der Waals surface area contributed by atoms with Crippen LogP contribution in [0.4, 0.5) is 5.69 Å². The van der Waals surface area contributed by atoms with Crippen LogP contribution in [-0.4, -0.2) is 45.2 Å². The van der Waals surface area contributed by atoms with Crippen LogP contribution >= 0.6 is 0 Å². The van der Waals surface area contributed by atoms with E-state index >= 15 is 0 Å². The van der Waals surface area contributed by atoms with E-state index in [9.17, 15) is 9.59 Å². The first kappa shape index (κ1) is 25.2. The molecule has 1 saturated carbocycles. The number of tetrazole rings is 1.